The highest BCUT2D eigenvalue weighted by molar-refractivity contribution is 5.81. The number of hydrogen-bond donors (Lipinski definition) is 0. The second-order valence-corrected chi connectivity index (χ2v) is 14.2. The number of fused-ring (bicyclic) bond motifs is 1. The monoisotopic (exact) mass is 702 g/mol. The number of nitrogens with zero attached hydrogens (tertiary/aromatic N) is 4. The van der Waals surface area contributed by atoms with E-state index in [0.717, 1.165) is 18.9 Å². The predicted octanol–water partition coefficient (Wildman–Crippen LogP) is 8.58. The number of benzene rings is 2. The quantitative estimate of drug-likeness (QED) is 0.101. The van der Waals surface area contributed by atoms with Crippen LogP contribution in [-0.4, -0.2) is 64.7 Å². The van der Waals surface area contributed by atoms with Crippen molar-refractivity contribution in [3.8, 4) is 28.1 Å². The van der Waals surface area contributed by atoms with Crippen LogP contribution in [0.15, 0.2) is 67.8 Å². The number of halogens is 2. The van der Waals surface area contributed by atoms with Gasteiger partial charge in [-0.2, -0.15) is 9.61 Å². The van der Waals surface area contributed by atoms with Gasteiger partial charge >= 0.3 is 5.97 Å². The Morgan fingerprint density at radius 2 is 1.78 bits per heavy atom. The zero-order chi connectivity index (χ0) is 37.1. The summed E-state index contributed by atoms with van der Waals surface area (Å²) in [6.45, 7) is 20.6. The number of piperidine rings is 1. The van der Waals surface area contributed by atoms with Crippen molar-refractivity contribution in [1.29, 1.82) is 0 Å². The summed E-state index contributed by atoms with van der Waals surface area (Å²) in [7, 11) is 1.34. The van der Waals surface area contributed by atoms with Crippen molar-refractivity contribution in [2.75, 3.05) is 31.7 Å². The molecule has 1 aliphatic heterocycles. The van der Waals surface area contributed by atoms with Gasteiger partial charge in [-0.1, -0.05) is 30.4 Å². The molecule has 0 saturated carbocycles. The maximum absolute atomic E-state index is 15.5. The first-order chi connectivity index (χ1) is 24.2. The molecule has 2 aromatic heterocycles. The van der Waals surface area contributed by atoms with Gasteiger partial charge in [-0.3, -0.25) is 0 Å². The first kappa shape index (κ1) is 37.6. The molecule has 0 amide bonds. The molecular weight excluding hydrogens is 654 g/mol. The van der Waals surface area contributed by atoms with Gasteiger partial charge in [0.25, 0.3) is 0 Å². The molecule has 2 aromatic carbocycles. The van der Waals surface area contributed by atoms with Gasteiger partial charge in [-0.15, -0.1) is 13.2 Å². The number of esters is 1. The molecule has 0 bridgehead atoms. The molecule has 4 aromatic rings. The van der Waals surface area contributed by atoms with E-state index in [0.29, 0.717) is 65.7 Å². The van der Waals surface area contributed by atoms with E-state index in [-0.39, 0.29) is 23.0 Å². The molecule has 0 N–H and O–H groups in total. The summed E-state index contributed by atoms with van der Waals surface area (Å²) in [5, 5.41) is 5.04. The van der Waals surface area contributed by atoms with Crippen LogP contribution < -0.4 is 9.64 Å². The second-order valence-electron chi connectivity index (χ2n) is 14.2. The van der Waals surface area contributed by atoms with Crippen LogP contribution in [0.25, 0.3) is 28.0 Å². The van der Waals surface area contributed by atoms with Crippen molar-refractivity contribution < 1.29 is 32.5 Å². The number of aromatic nitrogens is 3. The Morgan fingerprint density at radius 3 is 2.43 bits per heavy atom. The molecule has 1 aliphatic rings. The topological polar surface area (TPSA) is 87.4 Å². The number of rotatable bonds is 13. The Bertz CT molecular complexity index is 1910. The van der Waals surface area contributed by atoms with E-state index in [4.69, 9.17) is 29.0 Å². The third-order valence-corrected chi connectivity index (χ3v) is 8.92. The summed E-state index contributed by atoms with van der Waals surface area (Å²) < 4.78 is 55.3. The lowest BCUT2D eigenvalue weighted by Crippen LogP contribution is -2.45. The number of carbonyl (C=O) groups is 1. The fourth-order valence-electron chi connectivity index (χ4n) is 6.41. The van der Waals surface area contributed by atoms with Crippen molar-refractivity contribution in [3.63, 3.8) is 0 Å². The molecule has 1 fully saturated rings. The van der Waals surface area contributed by atoms with Crippen molar-refractivity contribution in [2.24, 2.45) is 0 Å². The minimum absolute atomic E-state index is 0.0973. The van der Waals surface area contributed by atoms with Crippen LogP contribution in [0.5, 0.6) is 5.75 Å². The molecule has 3 heterocycles. The molecule has 0 aliphatic carbocycles. The molecule has 0 spiro atoms. The van der Waals surface area contributed by atoms with Crippen LogP contribution in [-0.2, 0) is 19.0 Å². The summed E-state index contributed by atoms with van der Waals surface area (Å²) in [5.41, 5.74) is 2.56. The van der Waals surface area contributed by atoms with Crippen LogP contribution in [0, 0.1) is 18.6 Å². The van der Waals surface area contributed by atoms with Crippen LogP contribution in [0.2, 0.25) is 0 Å². The highest BCUT2D eigenvalue weighted by atomic mass is 19.1. The Kier molecular flexibility index (Phi) is 11.3. The van der Waals surface area contributed by atoms with Crippen molar-refractivity contribution in [3.05, 3.63) is 90.7 Å². The zero-order valence-corrected chi connectivity index (χ0v) is 30.6. The van der Waals surface area contributed by atoms with Crippen LogP contribution in [0.1, 0.15) is 71.2 Å². The van der Waals surface area contributed by atoms with Crippen molar-refractivity contribution >= 4 is 17.4 Å². The lowest BCUT2D eigenvalue weighted by Gasteiger charge is -2.41. The number of carbonyl (C=O) groups excluding carboxylic acids is 1. The van der Waals surface area contributed by atoms with E-state index in [9.17, 15) is 9.18 Å². The van der Waals surface area contributed by atoms with Gasteiger partial charge in [0.2, 0.25) is 0 Å². The highest BCUT2D eigenvalue weighted by Crippen LogP contribution is 2.40. The van der Waals surface area contributed by atoms with E-state index in [1.165, 1.54) is 13.2 Å². The zero-order valence-electron chi connectivity index (χ0n) is 30.6. The number of methoxy groups -OCH3 is 1. The first-order valence-electron chi connectivity index (χ1n) is 17.2. The SMILES string of the molecule is C=CCOC1(C)CCN(c2c(C(OC(C)(C)C)C(=O)OC)c(C)nc3cc(-c4cccc(-c5c(F)cc(F)cc5OC(C)CC=C)c4)nn23)CC1. The average Bonchev–Trinajstić information content (AvgIpc) is 3.49. The molecule has 1 saturated heterocycles. The third kappa shape index (κ3) is 8.48. The number of hydrogen-bond acceptors (Lipinski definition) is 8. The third-order valence-electron chi connectivity index (χ3n) is 8.92. The van der Waals surface area contributed by atoms with E-state index in [1.807, 2.05) is 46.8 Å². The van der Waals surface area contributed by atoms with Gasteiger partial charge in [0.05, 0.1) is 47.8 Å². The second kappa shape index (κ2) is 15.3. The Labute approximate surface area is 298 Å². The van der Waals surface area contributed by atoms with Crippen LogP contribution in [0.4, 0.5) is 14.6 Å². The van der Waals surface area contributed by atoms with Gasteiger partial charge < -0.3 is 23.8 Å². The summed E-state index contributed by atoms with van der Waals surface area (Å²) in [4.78, 5) is 20.5. The normalized spacial score (nSPS) is 15.7. The summed E-state index contributed by atoms with van der Waals surface area (Å²) in [6.07, 6.45) is 3.98. The van der Waals surface area contributed by atoms with Crippen molar-refractivity contribution in [1.82, 2.24) is 14.6 Å². The lowest BCUT2D eigenvalue weighted by atomic mass is 9.92. The molecule has 11 heteroatoms. The molecule has 2 atom stereocenters. The van der Waals surface area contributed by atoms with Gasteiger partial charge in [0.1, 0.15) is 23.2 Å². The van der Waals surface area contributed by atoms with Crippen LogP contribution in [0.3, 0.4) is 0 Å². The standard InChI is InChI=1S/C40H48F2N4O5/c1-10-13-25(3)50-32-23-29(41)22-30(42)35(32)28-15-12-14-27(21-28)31-24-33-43-26(4)34(36(38(47)48-9)51-39(5,6)7)37(46(33)44-31)45-18-16-40(8,17-19-45)49-20-11-2/h10-12,14-15,21-25,36H,1-2,13,16-20H2,3-9H3. The molecule has 272 valence electrons. The maximum atomic E-state index is 15.5. The fourth-order valence-corrected chi connectivity index (χ4v) is 6.41. The molecule has 51 heavy (non-hydrogen) atoms. The highest BCUT2D eigenvalue weighted by Gasteiger charge is 2.38. The number of aryl methyl sites for hydroxylation is 1. The van der Waals surface area contributed by atoms with E-state index in [2.05, 4.69) is 25.0 Å². The lowest BCUT2D eigenvalue weighted by molar-refractivity contribution is -0.164. The number of ether oxygens (including phenoxy) is 4. The summed E-state index contributed by atoms with van der Waals surface area (Å²) >= 11 is 0. The molecule has 0 radical (unpaired) electrons. The van der Waals surface area contributed by atoms with Crippen molar-refractivity contribution in [2.45, 2.75) is 84.2 Å². The average molecular weight is 703 g/mol. The largest absolute Gasteiger partial charge is 0.490 e. The van der Waals surface area contributed by atoms with Crippen LogP contribution >= 0.6 is 0 Å². The van der Waals surface area contributed by atoms with Gasteiger partial charge in [0, 0.05) is 49.0 Å². The molecule has 9 nitrogen and oxygen atoms in total. The van der Waals surface area contributed by atoms with Gasteiger partial charge in [0.15, 0.2) is 11.8 Å². The van der Waals surface area contributed by atoms with E-state index < -0.39 is 29.3 Å². The Balaban J connectivity index is 1.66. The Morgan fingerprint density at radius 1 is 1.08 bits per heavy atom. The van der Waals surface area contributed by atoms with Gasteiger partial charge in [-0.05, 0) is 66.0 Å². The predicted molar refractivity (Wildman–Crippen MR) is 195 cm³/mol. The minimum Gasteiger partial charge on any atom is -0.490 e. The summed E-state index contributed by atoms with van der Waals surface area (Å²) in [5.74, 6) is -1.26. The molecule has 5 rings (SSSR count). The molecular formula is C40H48F2N4O5. The molecule has 2 unspecified atom stereocenters. The minimum atomic E-state index is -1.08. The van der Waals surface area contributed by atoms with E-state index >= 15 is 4.39 Å². The Hall–Kier alpha value is -4.61. The van der Waals surface area contributed by atoms with Gasteiger partial charge in [-0.25, -0.2) is 18.6 Å². The number of anilines is 1. The summed E-state index contributed by atoms with van der Waals surface area (Å²) in [6, 6.07) is 11.1. The first-order valence-corrected chi connectivity index (χ1v) is 17.2. The smallest absolute Gasteiger partial charge is 0.339 e. The van der Waals surface area contributed by atoms with E-state index in [1.54, 1.807) is 34.9 Å². The maximum Gasteiger partial charge on any atom is 0.339 e. The fraction of sp³-hybridized carbons (Fsp3) is 0.425.